The molecule has 1 aliphatic heterocycles. The third-order valence-electron chi connectivity index (χ3n) is 11.3. The molecule has 4 aromatic rings. The number of nitrogens with zero attached hydrogens (tertiary/aromatic N) is 1. The molecule has 1 aliphatic carbocycles. The second-order valence-corrected chi connectivity index (χ2v) is 20.7. The Bertz CT molecular complexity index is 1580. The molecular formula is C50H78N2. The fourth-order valence-corrected chi connectivity index (χ4v) is 6.85. The van der Waals surface area contributed by atoms with E-state index in [4.69, 9.17) is 0 Å². The normalized spacial score (nSPS) is 15.9. The van der Waals surface area contributed by atoms with Crippen LogP contribution in [-0.4, -0.2) is 18.1 Å². The molecule has 2 aliphatic rings. The van der Waals surface area contributed by atoms with Crippen molar-refractivity contribution < 1.29 is 0 Å². The van der Waals surface area contributed by atoms with E-state index in [0.717, 1.165) is 30.7 Å². The molecule has 3 aromatic carbocycles. The van der Waals surface area contributed by atoms with Gasteiger partial charge in [0.2, 0.25) is 0 Å². The molecule has 1 aromatic heterocycles. The summed E-state index contributed by atoms with van der Waals surface area (Å²) in [6, 6.07) is 28.0. The van der Waals surface area contributed by atoms with Gasteiger partial charge in [-0.2, -0.15) is 0 Å². The van der Waals surface area contributed by atoms with E-state index in [0.29, 0.717) is 21.7 Å². The Labute approximate surface area is 321 Å². The van der Waals surface area contributed by atoms with Gasteiger partial charge in [0.25, 0.3) is 0 Å². The number of hydrogen-bond donors (Lipinski definition) is 1. The molecule has 0 spiro atoms. The van der Waals surface area contributed by atoms with Crippen LogP contribution in [0.25, 0.3) is 10.9 Å². The number of H-pyrrole nitrogens is 1. The van der Waals surface area contributed by atoms with Crippen LogP contribution in [0, 0.1) is 39.4 Å². The Balaban J connectivity index is 0.000000188. The molecule has 1 saturated carbocycles. The average molecular weight is 707 g/mol. The predicted octanol–water partition coefficient (Wildman–Crippen LogP) is 14.6. The van der Waals surface area contributed by atoms with E-state index in [9.17, 15) is 0 Å². The van der Waals surface area contributed by atoms with Crippen LogP contribution < -0.4 is 4.90 Å². The lowest BCUT2D eigenvalue weighted by Gasteiger charge is -2.34. The smallest absolute Gasteiger partial charge is 0.0456 e. The molecule has 52 heavy (non-hydrogen) atoms. The van der Waals surface area contributed by atoms with Crippen LogP contribution in [0.1, 0.15) is 139 Å². The second-order valence-electron chi connectivity index (χ2n) is 20.7. The molecule has 1 fully saturated rings. The summed E-state index contributed by atoms with van der Waals surface area (Å²) in [6.07, 6.45) is 11.6. The van der Waals surface area contributed by atoms with Gasteiger partial charge in [-0.05, 0) is 93.9 Å². The first kappa shape index (κ1) is 43.4. The van der Waals surface area contributed by atoms with Crippen LogP contribution >= 0.6 is 0 Å². The molecule has 2 heteroatoms. The van der Waals surface area contributed by atoms with Gasteiger partial charge in [-0.25, -0.2) is 0 Å². The summed E-state index contributed by atoms with van der Waals surface area (Å²) in [7, 11) is 0. The molecular weight excluding hydrogens is 629 g/mol. The van der Waals surface area contributed by atoms with Gasteiger partial charge >= 0.3 is 0 Å². The third kappa shape index (κ3) is 15.2. The molecule has 0 amide bonds. The standard InChI is InChI=1S/C13H17N.C13H19N.C13H20.C11H22/c1-13(2,3)8-10-9-14-12-7-5-4-6-11(10)12;1-13(2,3)10-14-9-8-11-6-4-5-7-12(11)14;1-11(13(2,3)4)10-12-8-6-5-7-9-12;1-9(11(2,3)4)8-10-6-5-7-10/h4-7,9,14H,8H2,1-3H3;4-7H,8-10H2,1-3H3;5-9,11H,10H2,1-4H3;9-10H,5-8H2,1-4H3. The lowest BCUT2D eigenvalue weighted by Crippen LogP contribution is -2.31. The van der Waals surface area contributed by atoms with Crippen molar-refractivity contribution in [2.24, 2.45) is 39.4 Å². The zero-order valence-electron chi connectivity index (χ0n) is 36.1. The molecule has 0 radical (unpaired) electrons. The fraction of sp³-hybridized carbons (Fsp3) is 0.600. The van der Waals surface area contributed by atoms with Crippen LogP contribution in [0.3, 0.4) is 0 Å². The average Bonchev–Trinajstić information content (AvgIpc) is 3.61. The van der Waals surface area contributed by atoms with Crippen molar-refractivity contribution >= 4 is 16.6 Å². The topological polar surface area (TPSA) is 19.0 Å². The molecule has 2 atom stereocenters. The molecule has 2 nitrogen and oxygen atoms in total. The van der Waals surface area contributed by atoms with Gasteiger partial charge in [-0.15, -0.1) is 0 Å². The number of benzene rings is 3. The van der Waals surface area contributed by atoms with Gasteiger partial charge in [0.05, 0.1) is 0 Å². The highest BCUT2D eigenvalue weighted by molar-refractivity contribution is 5.83. The van der Waals surface area contributed by atoms with Crippen molar-refractivity contribution in [2.45, 2.75) is 142 Å². The number of hydrogen-bond acceptors (Lipinski definition) is 1. The van der Waals surface area contributed by atoms with Crippen LogP contribution in [0.5, 0.6) is 0 Å². The molecule has 0 saturated heterocycles. The van der Waals surface area contributed by atoms with Gasteiger partial charge in [0.1, 0.15) is 0 Å². The highest BCUT2D eigenvalue weighted by Crippen LogP contribution is 2.38. The third-order valence-corrected chi connectivity index (χ3v) is 11.3. The zero-order valence-corrected chi connectivity index (χ0v) is 36.1. The van der Waals surface area contributed by atoms with E-state index in [1.165, 1.54) is 78.4 Å². The molecule has 2 heterocycles. The van der Waals surface area contributed by atoms with Crippen LogP contribution in [0.15, 0.2) is 85.1 Å². The highest BCUT2D eigenvalue weighted by Gasteiger charge is 2.26. The quantitative estimate of drug-likeness (QED) is 0.211. The lowest BCUT2D eigenvalue weighted by atomic mass is 9.72. The number of aromatic nitrogens is 1. The minimum atomic E-state index is 0.352. The van der Waals surface area contributed by atoms with E-state index < -0.39 is 0 Å². The summed E-state index contributed by atoms with van der Waals surface area (Å²) in [4.78, 5) is 5.82. The second kappa shape index (κ2) is 18.9. The van der Waals surface area contributed by atoms with Crippen LogP contribution in [-0.2, 0) is 19.3 Å². The van der Waals surface area contributed by atoms with Crippen molar-refractivity contribution in [3.05, 3.63) is 102 Å². The monoisotopic (exact) mass is 707 g/mol. The first-order chi connectivity index (χ1) is 24.1. The summed E-state index contributed by atoms with van der Waals surface area (Å²) >= 11 is 0. The van der Waals surface area contributed by atoms with Gasteiger partial charge < -0.3 is 9.88 Å². The number of rotatable bonds is 6. The first-order valence-corrected chi connectivity index (χ1v) is 20.5. The summed E-state index contributed by atoms with van der Waals surface area (Å²) in [6.45, 7) is 34.8. The fourth-order valence-electron chi connectivity index (χ4n) is 6.85. The predicted molar refractivity (Wildman–Crippen MR) is 233 cm³/mol. The highest BCUT2D eigenvalue weighted by atomic mass is 15.2. The number of aromatic amines is 1. The summed E-state index contributed by atoms with van der Waals surface area (Å²) < 4.78 is 0. The maximum Gasteiger partial charge on any atom is 0.0456 e. The Hall–Kier alpha value is -3.00. The maximum atomic E-state index is 3.31. The number of nitrogens with one attached hydrogen (secondary N) is 1. The number of fused-ring (bicyclic) bond motifs is 2. The minimum Gasteiger partial charge on any atom is -0.370 e. The number of anilines is 1. The Morgan fingerprint density at radius 3 is 1.81 bits per heavy atom. The van der Waals surface area contributed by atoms with Gasteiger partial charge in [0.15, 0.2) is 0 Å². The molecule has 2 unspecified atom stereocenters. The Morgan fingerprint density at radius 2 is 1.25 bits per heavy atom. The van der Waals surface area contributed by atoms with E-state index in [1.54, 1.807) is 0 Å². The van der Waals surface area contributed by atoms with E-state index in [2.05, 4.69) is 192 Å². The lowest BCUT2D eigenvalue weighted by molar-refractivity contribution is 0.171. The SMILES string of the molecule is CC(C)(C)CN1CCc2ccccc21.CC(C)(C)Cc1c[nH]c2ccccc12.CC(CC1CCC1)C(C)(C)C.CC(Cc1ccccc1)C(C)(C)C. The van der Waals surface area contributed by atoms with E-state index in [1.807, 2.05) is 0 Å². The Kier molecular flexibility index (Phi) is 15.7. The summed E-state index contributed by atoms with van der Waals surface area (Å²) in [5.41, 5.74) is 8.75. The van der Waals surface area contributed by atoms with Crippen molar-refractivity contribution in [1.82, 2.24) is 4.98 Å². The van der Waals surface area contributed by atoms with Gasteiger partial charge in [-0.3, -0.25) is 0 Å². The molecule has 288 valence electrons. The minimum absolute atomic E-state index is 0.352. The van der Waals surface area contributed by atoms with E-state index in [-0.39, 0.29) is 0 Å². The first-order valence-electron chi connectivity index (χ1n) is 20.5. The van der Waals surface area contributed by atoms with Crippen LogP contribution in [0.2, 0.25) is 0 Å². The summed E-state index contributed by atoms with van der Waals surface area (Å²) in [5.74, 6) is 2.70. The molecule has 6 rings (SSSR count). The molecule has 0 bridgehead atoms. The zero-order chi connectivity index (χ0) is 38.7. The van der Waals surface area contributed by atoms with Crippen molar-refractivity contribution in [3.8, 4) is 0 Å². The number of para-hydroxylation sites is 2. The Morgan fingerprint density at radius 1 is 0.673 bits per heavy atom. The van der Waals surface area contributed by atoms with Gasteiger partial charge in [-0.1, -0.05) is 183 Å². The van der Waals surface area contributed by atoms with Crippen molar-refractivity contribution in [2.75, 3.05) is 18.0 Å². The summed E-state index contributed by atoms with van der Waals surface area (Å²) in [5, 5.41) is 1.36. The molecule has 1 N–H and O–H groups in total. The van der Waals surface area contributed by atoms with Crippen molar-refractivity contribution in [1.29, 1.82) is 0 Å². The van der Waals surface area contributed by atoms with Crippen molar-refractivity contribution in [3.63, 3.8) is 0 Å². The van der Waals surface area contributed by atoms with Crippen LogP contribution in [0.4, 0.5) is 5.69 Å². The maximum absolute atomic E-state index is 3.31. The van der Waals surface area contributed by atoms with Gasteiger partial charge in [0, 0.05) is 35.9 Å². The largest absolute Gasteiger partial charge is 0.370 e. The van der Waals surface area contributed by atoms with E-state index >= 15 is 0 Å².